The van der Waals surface area contributed by atoms with Crippen LogP contribution in [0.5, 0.6) is 0 Å². The number of rotatable bonds is 6. The molecule has 7 heteroatoms. The van der Waals surface area contributed by atoms with Gasteiger partial charge in [-0.2, -0.15) is 0 Å². The van der Waals surface area contributed by atoms with Crippen molar-refractivity contribution in [2.45, 2.75) is 25.8 Å². The second kappa shape index (κ2) is 10.4. The lowest BCUT2D eigenvalue weighted by Gasteiger charge is -2.34. The number of aromatic nitrogens is 1. The molecule has 1 saturated heterocycles. The molecule has 0 radical (unpaired) electrons. The molecule has 172 valence electrons. The fraction of sp³-hybridized carbons (Fsp3) is 0.346. The molecule has 1 aromatic heterocycles. The van der Waals surface area contributed by atoms with Gasteiger partial charge < -0.3 is 10.2 Å². The summed E-state index contributed by atoms with van der Waals surface area (Å²) in [6.07, 6.45) is 0. The highest BCUT2D eigenvalue weighted by Gasteiger charge is 2.23. The summed E-state index contributed by atoms with van der Waals surface area (Å²) in [5, 5.41) is 5.06. The molecule has 3 aromatic rings. The number of aryl methyl sites for hydroxylation is 3. The third-order valence-corrected chi connectivity index (χ3v) is 6.98. The van der Waals surface area contributed by atoms with Gasteiger partial charge in [0.15, 0.2) is 0 Å². The Morgan fingerprint density at radius 1 is 0.939 bits per heavy atom. The topological polar surface area (TPSA) is 65.5 Å². The van der Waals surface area contributed by atoms with Crippen LogP contribution in [-0.2, 0) is 9.59 Å². The maximum atomic E-state index is 12.7. The van der Waals surface area contributed by atoms with Gasteiger partial charge in [-0.05, 0) is 49.6 Å². The van der Waals surface area contributed by atoms with Crippen molar-refractivity contribution in [3.05, 3.63) is 65.2 Å². The number of nitrogens with zero attached hydrogens (tertiary/aromatic N) is 3. The number of hydrogen-bond acceptors (Lipinski definition) is 5. The maximum Gasteiger partial charge on any atom is 0.238 e. The minimum Gasteiger partial charge on any atom is -0.339 e. The largest absolute Gasteiger partial charge is 0.339 e. The highest BCUT2D eigenvalue weighted by atomic mass is 32.2. The van der Waals surface area contributed by atoms with E-state index in [1.54, 1.807) is 0 Å². The van der Waals surface area contributed by atoms with Gasteiger partial charge >= 0.3 is 0 Å². The lowest BCUT2D eigenvalue weighted by molar-refractivity contribution is -0.130. The number of hydrogen-bond donors (Lipinski definition) is 1. The van der Waals surface area contributed by atoms with Crippen molar-refractivity contribution < 1.29 is 9.59 Å². The second-order valence-electron chi connectivity index (χ2n) is 8.56. The molecule has 2 aromatic carbocycles. The van der Waals surface area contributed by atoms with Crippen molar-refractivity contribution in [1.82, 2.24) is 14.8 Å². The van der Waals surface area contributed by atoms with E-state index in [1.165, 1.54) is 17.3 Å². The number of thioether (sulfide) groups is 1. The minimum atomic E-state index is -0.0134. The minimum absolute atomic E-state index is 0.0134. The van der Waals surface area contributed by atoms with Crippen molar-refractivity contribution in [2.75, 3.05) is 43.8 Å². The molecule has 0 bridgehead atoms. The molecule has 1 fully saturated rings. The summed E-state index contributed by atoms with van der Waals surface area (Å²) in [5.41, 5.74) is 5.15. The Morgan fingerprint density at radius 3 is 2.36 bits per heavy atom. The first-order valence-electron chi connectivity index (χ1n) is 11.3. The van der Waals surface area contributed by atoms with Crippen LogP contribution in [0.3, 0.4) is 0 Å². The van der Waals surface area contributed by atoms with Crippen LogP contribution >= 0.6 is 11.8 Å². The van der Waals surface area contributed by atoms with Crippen molar-refractivity contribution in [2.24, 2.45) is 0 Å². The SMILES string of the molecule is Cc1cccc(C)c1NC(=O)CN1CCN(C(=O)CSc2cc(C)c3ccccc3n2)CC1. The second-order valence-corrected chi connectivity index (χ2v) is 9.55. The lowest BCUT2D eigenvalue weighted by Crippen LogP contribution is -2.50. The highest BCUT2D eigenvalue weighted by Crippen LogP contribution is 2.24. The summed E-state index contributed by atoms with van der Waals surface area (Å²) in [4.78, 5) is 34.0. The number of anilines is 1. The quantitative estimate of drug-likeness (QED) is 0.560. The highest BCUT2D eigenvalue weighted by molar-refractivity contribution is 7.99. The number of carbonyl (C=O) groups is 2. The number of piperazine rings is 1. The first-order valence-corrected chi connectivity index (χ1v) is 12.2. The monoisotopic (exact) mass is 462 g/mol. The number of benzene rings is 2. The normalized spacial score (nSPS) is 14.5. The Labute approximate surface area is 199 Å². The van der Waals surface area contributed by atoms with Gasteiger partial charge in [0.05, 0.1) is 22.8 Å². The zero-order chi connectivity index (χ0) is 23.4. The van der Waals surface area contributed by atoms with Crippen molar-refractivity contribution >= 4 is 40.2 Å². The molecule has 33 heavy (non-hydrogen) atoms. The number of nitrogens with one attached hydrogen (secondary N) is 1. The summed E-state index contributed by atoms with van der Waals surface area (Å²) in [6.45, 7) is 9.09. The number of fused-ring (bicyclic) bond motifs is 1. The van der Waals surface area contributed by atoms with E-state index in [1.807, 2.05) is 61.2 Å². The van der Waals surface area contributed by atoms with Gasteiger partial charge in [0.25, 0.3) is 0 Å². The lowest BCUT2D eigenvalue weighted by atomic mass is 10.1. The predicted octanol–water partition coefficient (Wildman–Crippen LogP) is 4.04. The van der Waals surface area contributed by atoms with E-state index >= 15 is 0 Å². The Kier molecular flexibility index (Phi) is 7.30. The Hall–Kier alpha value is -2.90. The zero-order valence-corrected chi connectivity index (χ0v) is 20.2. The molecule has 0 aliphatic carbocycles. The molecule has 0 unspecified atom stereocenters. The molecule has 1 aliphatic heterocycles. The Balaban J connectivity index is 1.25. The van der Waals surface area contributed by atoms with Crippen LogP contribution in [0.25, 0.3) is 10.9 Å². The van der Waals surface area contributed by atoms with E-state index in [9.17, 15) is 9.59 Å². The molecule has 1 N–H and O–H groups in total. The van der Waals surface area contributed by atoms with Crippen LogP contribution in [0.1, 0.15) is 16.7 Å². The average Bonchev–Trinajstić information content (AvgIpc) is 2.80. The van der Waals surface area contributed by atoms with Crippen LogP contribution in [0, 0.1) is 20.8 Å². The summed E-state index contributed by atoms with van der Waals surface area (Å²) in [6, 6.07) is 16.1. The maximum absolute atomic E-state index is 12.7. The van der Waals surface area contributed by atoms with E-state index in [0.29, 0.717) is 38.5 Å². The van der Waals surface area contributed by atoms with E-state index in [0.717, 1.165) is 32.7 Å². The number of pyridine rings is 1. The van der Waals surface area contributed by atoms with Gasteiger partial charge in [-0.1, -0.05) is 48.2 Å². The molecule has 0 saturated carbocycles. The molecular formula is C26H30N4O2S. The summed E-state index contributed by atoms with van der Waals surface area (Å²) in [7, 11) is 0. The number of amides is 2. The van der Waals surface area contributed by atoms with Gasteiger partial charge in [-0.15, -0.1) is 0 Å². The van der Waals surface area contributed by atoms with Crippen molar-refractivity contribution in [3.8, 4) is 0 Å². The smallest absolute Gasteiger partial charge is 0.238 e. The average molecular weight is 463 g/mol. The fourth-order valence-corrected chi connectivity index (χ4v) is 5.05. The van der Waals surface area contributed by atoms with Crippen LogP contribution in [0.15, 0.2) is 53.6 Å². The zero-order valence-electron chi connectivity index (χ0n) is 19.4. The van der Waals surface area contributed by atoms with Crippen LogP contribution in [0.2, 0.25) is 0 Å². The number of para-hydroxylation sites is 2. The third-order valence-electron chi connectivity index (χ3n) is 6.08. The first-order chi connectivity index (χ1) is 15.9. The van der Waals surface area contributed by atoms with Gasteiger partial charge in [-0.3, -0.25) is 14.5 Å². The van der Waals surface area contributed by atoms with Gasteiger partial charge in [0, 0.05) is 37.3 Å². The summed E-state index contributed by atoms with van der Waals surface area (Å²) < 4.78 is 0. The van der Waals surface area contributed by atoms with E-state index in [-0.39, 0.29) is 11.8 Å². The van der Waals surface area contributed by atoms with E-state index < -0.39 is 0 Å². The van der Waals surface area contributed by atoms with Crippen LogP contribution in [-0.4, -0.2) is 65.1 Å². The fourth-order valence-electron chi connectivity index (χ4n) is 4.17. The molecular weight excluding hydrogens is 432 g/mol. The molecule has 6 nitrogen and oxygen atoms in total. The third kappa shape index (κ3) is 5.72. The number of carbonyl (C=O) groups excluding carboxylic acids is 2. The van der Waals surface area contributed by atoms with Gasteiger partial charge in [0.2, 0.25) is 11.8 Å². The van der Waals surface area contributed by atoms with Crippen molar-refractivity contribution in [1.29, 1.82) is 0 Å². The summed E-state index contributed by atoms with van der Waals surface area (Å²) >= 11 is 1.49. The van der Waals surface area contributed by atoms with Gasteiger partial charge in [0.1, 0.15) is 0 Å². The van der Waals surface area contributed by atoms with E-state index in [2.05, 4.69) is 28.2 Å². The van der Waals surface area contributed by atoms with E-state index in [4.69, 9.17) is 0 Å². The molecule has 2 amide bonds. The molecule has 4 rings (SSSR count). The standard InChI is InChI=1S/C26H30N4O2S/c1-18-7-6-8-19(2)26(18)28-23(31)16-29-11-13-30(14-12-29)25(32)17-33-24-15-20(3)21-9-4-5-10-22(21)27-24/h4-10,15H,11-14,16-17H2,1-3H3,(H,28,31). The molecule has 0 atom stereocenters. The van der Waals surface area contributed by atoms with Gasteiger partial charge in [-0.25, -0.2) is 4.98 Å². The molecule has 1 aliphatic rings. The Morgan fingerprint density at radius 2 is 1.64 bits per heavy atom. The van der Waals surface area contributed by atoms with Crippen molar-refractivity contribution in [3.63, 3.8) is 0 Å². The molecule has 2 heterocycles. The Bertz CT molecular complexity index is 1150. The first kappa shape index (κ1) is 23.3. The molecule has 0 spiro atoms. The predicted molar refractivity (Wildman–Crippen MR) is 135 cm³/mol. The van der Waals surface area contributed by atoms with Crippen LogP contribution < -0.4 is 5.32 Å². The van der Waals surface area contributed by atoms with Crippen LogP contribution in [0.4, 0.5) is 5.69 Å². The summed E-state index contributed by atoms with van der Waals surface area (Å²) in [5.74, 6) is 0.477.